The smallest absolute Gasteiger partial charge is 0.309 e. The fourth-order valence-corrected chi connectivity index (χ4v) is 8.64. The highest BCUT2D eigenvalue weighted by molar-refractivity contribution is 6.12. The van der Waals surface area contributed by atoms with E-state index in [1.807, 2.05) is 72.8 Å². The molecule has 0 amide bonds. The Labute approximate surface area is 400 Å². The van der Waals surface area contributed by atoms with Crippen LogP contribution in [0.4, 0.5) is 26.3 Å². The third kappa shape index (κ3) is 8.66. The first-order valence-electron chi connectivity index (χ1n) is 21.5. The Bertz CT molecular complexity index is 3680. The van der Waals surface area contributed by atoms with E-state index in [0.29, 0.717) is 84.5 Å². The molecular formula is C57H28F6N8. The van der Waals surface area contributed by atoms with Crippen molar-refractivity contribution in [2.75, 3.05) is 0 Å². The number of rotatable bonds is 7. The van der Waals surface area contributed by atoms with Gasteiger partial charge in [-0.25, -0.2) is 15.0 Å². The zero-order valence-corrected chi connectivity index (χ0v) is 36.5. The number of alkyl halides is 6. The van der Waals surface area contributed by atoms with Crippen LogP contribution in [0.1, 0.15) is 33.4 Å². The second kappa shape index (κ2) is 17.6. The number of hydrogen-bond acceptors (Lipinski definition) is 7. The summed E-state index contributed by atoms with van der Waals surface area (Å²) in [5.41, 5.74) is 2.56. The molecule has 0 bridgehead atoms. The molecule has 14 heteroatoms. The zero-order chi connectivity index (χ0) is 49.6. The number of nitriles is 4. The number of nitrogens with zero attached hydrogens (tertiary/aromatic N) is 8. The monoisotopic (exact) mass is 938 g/mol. The molecule has 0 atom stereocenters. The van der Waals surface area contributed by atoms with Crippen LogP contribution >= 0.6 is 0 Å². The maximum atomic E-state index is 14.6. The van der Waals surface area contributed by atoms with Gasteiger partial charge in [0.15, 0.2) is 17.5 Å². The summed E-state index contributed by atoms with van der Waals surface area (Å²) in [6, 6.07) is 52.7. The predicted octanol–water partition coefficient (Wildman–Crippen LogP) is 14.5. The third-order valence-corrected chi connectivity index (χ3v) is 11.9. The van der Waals surface area contributed by atoms with Gasteiger partial charge in [-0.05, 0) is 113 Å². The molecule has 0 fully saturated rings. The van der Waals surface area contributed by atoms with Crippen LogP contribution in [0.3, 0.4) is 0 Å². The Hall–Kier alpha value is -9.89. The van der Waals surface area contributed by atoms with Gasteiger partial charge in [0, 0.05) is 33.0 Å². The van der Waals surface area contributed by atoms with Crippen LogP contribution in [-0.4, -0.2) is 19.5 Å². The quantitative estimate of drug-likeness (QED) is 0.145. The molecule has 10 rings (SSSR count). The topological polar surface area (TPSA) is 139 Å². The lowest BCUT2D eigenvalue weighted by atomic mass is 9.96. The van der Waals surface area contributed by atoms with Gasteiger partial charge in [-0.15, -0.1) is 0 Å². The van der Waals surface area contributed by atoms with Crippen molar-refractivity contribution in [3.8, 4) is 97.5 Å². The molecule has 0 N–H and O–H groups in total. The van der Waals surface area contributed by atoms with E-state index in [-0.39, 0.29) is 51.0 Å². The van der Waals surface area contributed by atoms with Crippen LogP contribution in [0.5, 0.6) is 0 Å². The van der Waals surface area contributed by atoms with Crippen LogP contribution in [0, 0.1) is 45.3 Å². The predicted molar refractivity (Wildman–Crippen MR) is 256 cm³/mol. The van der Waals surface area contributed by atoms with Gasteiger partial charge in [0.1, 0.15) is 0 Å². The summed E-state index contributed by atoms with van der Waals surface area (Å²) < 4.78 is 89.1. The number of halogens is 6. The fourth-order valence-electron chi connectivity index (χ4n) is 8.64. The van der Waals surface area contributed by atoms with E-state index in [0.717, 1.165) is 0 Å². The van der Waals surface area contributed by atoms with E-state index in [9.17, 15) is 47.4 Å². The van der Waals surface area contributed by atoms with E-state index in [1.165, 1.54) is 18.2 Å². The fraction of sp³-hybridized carbons (Fsp3) is 0.0351. The molecule has 0 saturated heterocycles. The van der Waals surface area contributed by atoms with E-state index in [2.05, 4.69) is 24.3 Å². The molecule has 71 heavy (non-hydrogen) atoms. The van der Waals surface area contributed by atoms with Crippen LogP contribution < -0.4 is 0 Å². The lowest BCUT2D eigenvalue weighted by molar-refractivity contribution is -0.143. The highest BCUT2D eigenvalue weighted by Gasteiger charge is 2.37. The van der Waals surface area contributed by atoms with Crippen molar-refractivity contribution in [3.05, 3.63) is 203 Å². The second-order valence-corrected chi connectivity index (χ2v) is 16.4. The van der Waals surface area contributed by atoms with Crippen LogP contribution in [-0.2, 0) is 12.4 Å². The van der Waals surface area contributed by atoms with Gasteiger partial charge in [0.25, 0.3) is 0 Å². The van der Waals surface area contributed by atoms with E-state index >= 15 is 0 Å². The van der Waals surface area contributed by atoms with Crippen molar-refractivity contribution < 1.29 is 26.3 Å². The number of hydrogen-bond donors (Lipinski definition) is 0. The largest absolute Gasteiger partial charge is 0.416 e. The molecule has 8 aromatic carbocycles. The Kier molecular flexibility index (Phi) is 11.2. The Balaban J connectivity index is 1.31. The summed E-state index contributed by atoms with van der Waals surface area (Å²) in [5.74, 6) is 0.779. The lowest BCUT2D eigenvalue weighted by Gasteiger charge is -2.19. The molecule has 8 nitrogen and oxygen atoms in total. The minimum absolute atomic E-state index is 0.00121. The van der Waals surface area contributed by atoms with Gasteiger partial charge < -0.3 is 4.57 Å². The van der Waals surface area contributed by atoms with Gasteiger partial charge in [-0.2, -0.15) is 47.4 Å². The summed E-state index contributed by atoms with van der Waals surface area (Å²) >= 11 is 0. The lowest BCUT2D eigenvalue weighted by Crippen LogP contribution is -2.11. The molecule has 0 aliphatic heterocycles. The van der Waals surface area contributed by atoms with Crippen LogP contribution in [0.2, 0.25) is 0 Å². The van der Waals surface area contributed by atoms with E-state index < -0.39 is 23.5 Å². The number of aromatic nitrogens is 4. The van der Waals surface area contributed by atoms with Crippen molar-refractivity contribution in [3.63, 3.8) is 0 Å². The highest BCUT2D eigenvalue weighted by Crippen LogP contribution is 2.44. The minimum Gasteiger partial charge on any atom is -0.309 e. The third-order valence-electron chi connectivity index (χ3n) is 11.9. The SMILES string of the molecule is N#Cc1cc(C#N)cc(-c2ccc3c(c2)c2cc(-c4cc(C#N)cc(C#N)c4)ccc2n3-c2cc(-c3nc(-c4ccccc4)nc(-c4ccccc4)n3)ccc2-c2cc(C(F)(F)F)cc(C(F)(F)F)c2)c1. The van der Waals surface area contributed by atoms with Gasteiger partial charge in [-0.1, -0.05) is 84.9 Å². The van der Waals surface area contributed by atoms with E-state index in [4.69, 9.17) is 15.0 Å². The molecule has 0 radical (unpaired) electrons. The van der Waals surface area contributed by atoms with Gasteiger partial charge >= 0.3 is 12.4 Å². The number of fused-ring (bicyclic) bond motifs is 3. The first-order valence-corrected chi connectivity index (χ1v) is 21.5. The average molecular weight is 939 g/mol. The average Bonchev–Trinajstić information content (AvgIpc) is 3.72. The van der Waals surface area contributed by atoms with E-state index in [1.54, 1.807) is 65.2 Å². The maximum Gasteiger partial charge on any atom is 0.416 e. The molecule has 338 valence electrons. The van der Waals surface area contributed by atoms with Gasteiger partial charge in [0.2, 0.25) is 0 Å². The molecule has 0 aliphatic rings. The Morgan fingerprint density at radius 2 is 0.746 bits per heavy atom. The van der Waals surface area contributed by atoms with Gasteiger partial charge in [0.05, 0.1) is 74.4 Å². The summed E-state index contributed by atoms with van der Waals surface area (Å²) in [4.78, 5) is 14.5. The zero-order valence-electron chi connectivity index (χ0n) is 36.5. The summed E-state index contributed by atoms with van der Waals surface area (Å²) in [6.45, 7) is 0. The molecule has 2 heterocycles. The molecule has 0 spiro atoms. The molecule has 0 unspecified atom stereocenters. The molecule has 0 aliphatic carbocycles. The standard InChI is InChI=1S/C57H28F6N8/c58-56(59,60)45-23-44(24-46(28-45)57(61,62)63)47-14-11-41(55-69-53(37-7-3-1-4-8-37)68-54(70-55)38-9-5-2-6-10-38)27-52(47)71-50-15-12-39(42-19-33(29-64)17-34(20-42)30-65)25-48(50)49-26-40(13-16-51(49)71)43-21-35(31-66)18-36(22-43)32-67/h1-28H. The Morgan fingerprint density at radius 1 is 0.352 bits per heavy atom. The van der Waals surface area contributed by atoms with Crippen molar-refractivity contribution in [1.82, 2.24) is 19.5 Å². The molecule has 10 aromatic rings. The van der Waals surface area contributed by atoms with Crippen molar-refractivity contribution >= 4 is 21.8 Å². The van der Waals surface area contributed by atoms with Crippen LogP contribution in [0.15, 0.2) is 170 Å². The second-order valence-electron chi connectivity index (χ2n) is 16.4. The maximum absolute atomic E-state index is 14.6. The molecule has 2 aromatic heterocycles. The van der Waals surface area contributed by atoms with Gasteiger partial charge in [-0.3, -0.25) is 0 Å². The summed E-state index contributed by atoms with van der Waals surface area (Å²) in [7, 11) is 0. The highest BCUT2D eigenvalue weighted by atomic mass is 19.4. The normalized spacial score (nSPS) is 11.5. The summed E-state index contributed by atoms with van der Waals surface area (Å²) in [5, 5.41) is 40.5. The minimum atomic E-state index is -5.15. The summed E-state index contributed by atoms with van der Waals surface area (Å²) in [6.07, 6.45) is -10.3. The molecular weight excluding hydrogens is 911 g/mol. The van der Waals surface area contributed by atoms with Crippen LogP contribution in [0.25, 0.3) is 95.0 Å². The number of benzene rings is 8. The Morgan fingerprint density at radius 3 is 1.14 bits per heavy atom. The molecule has 0 saturated carbocycles. The first kappa shape index (κ1) is 44.9. The van der Waals surface area contributed by atoms with Crippen molar-refractivity contribution in [2.45, 2.75) is 12.4 Å². The first-order chi connectivity index (χ1) is 34.2. The van der Waals surface area contributed by atoms with Crippen molar-refractivity contribution in [1.29, 1.82) is 21.0 Å². The van der Waals surface area contributed by atoms with Crippen molar-refractivity contribution in [2.24, 2.45) is 0 Å².